The highest BCUT2D eigenvalue weighted by Crippen LogP contribution is 2.37. The zero-order chi connectivity index (χ0) is 11.8. The fourth-order valence-electron chi connectivity index (χ4n) is 2.20. The fraction of sp³-hybridized carbons (Fsp3) is 0.0667. The SMILES string of the molecule is Cc1cc(N)sc1-c1cccc2ccccc12. The van der Waals surface area contributed by atoms with E-state index in [9.17, 15) is 0 Å². The van der Waals surface area contributed by atoms with Crippen LogP contribution in [-0.4, -0.2) is 0 Å². The first-order valence-corrected chi connectivity index (χ1v) is 6.41. The van der Waals surface area contributed by atoms with Crippen LogP contribution in [0.5, 0.6) is 0 Å². The second kappa shape index (κ2) is 3.90. The Morgan fingerprint density at radius 1 is 1.00 bits per heavy atom. The minimum Gasteiger partial charge on any atom is -0.391 e. The van der Waals surface area contributed by atoms with Gasteiger partial charge >= 0.3 is 0 Å². The molecule has 0 atom stereocenters. The summed E-state index contributed by atoms with van der Waals surface area (Å²) in [6, 6.07) is 16.9. The van der Waals surface area contributed by atoms with Crippen molar-refractivity contribution in [1.82, 2.24) is 0 Å². The Morgan fingerprint density at radius 3 is 2.53 bits per heavy atom. The summed E-state index contributed by atoms with van der Waals surface area (Å²) in [4.78, 5) is 1.28. The molecule has 0 fully saturated rings. The number of nitrogen functional groups attached to an aromatic ring is 1. The third-order valence-corrected chi connectivity index (χ3v) is 4.07. The Hall–Kier alpha value is -1.80. The van der Waals surface area contributed by atoms with Gasteiger partial charge in [0, 0.05) is 4.88 Å². The van der Waals surface area contributed by atoms with Crippen LogP contribution < -0.4 is 5.73 Å². The average Bonchev–Trinajstić information content (AvgIpc) is 2.68. The molecule has 1 aromatic heterocycles. The highest BCUT2D eigenvalue weighted by molar-refractivity contribution is 7.19. The number of aryl methyl sites for hydroxylation is 1. The van der Waals surface area contributed by atoms with E-state index in [0.717, 1.165) is 5.00 Å². The average molecular weight is 239 g/mol. The Balaban J connectivity index is 2.34. The summed E-state index contributed by atoms with van der Waals surface area (Å²) in [5, 5.41) is 3.45. The van der Waals surface area contributed by atoms with E-state index in [1.54, 1.807) is 11.3 Å². The maximum absolute atomic E-state index is 5.88. The Bertz CT molecular complexity index is 677. The molecular formula is C15H13NS. The van der Waals surface area contributed by atoms with Crippen molar-refractivity contribution in [3.63, 3.8) is 0 Å². The van der Waals surface area contributed by atoms with Crippen LogP contribution in [0.25, 0.3) is 21.2 Å². The molecule has 3 aromatic rings. The van der Waals surface area contributed by atoms with Crippen LogP contribution in [0.3, 0.4) is 0 Å². The van der Waals surface area contributed by atoms with Crippen molar-refractivity contribution in [1.29, 1.82) is 0 Å². The van der Waals surface area contributed by atoms with Gasteiger partial charge in [0.1, 0.15) is 0 Å². The van der Waals surface area contributed by atoms with Gasteiger partial charge in [-0.3, -0.25) is 0 Å². The minimum atomic E-state index is 0.880. The molecule has 84 valence electrons. The molecule has 0 aliphatic carbocycles. The maximum atomic E-state index is 5.88. The van der Waals surface area contributed by atoms with Crippen LogP contribution in [0, 0.1) is 6.92 Å². The molecule has 0 unspecified atom stereocenters. The predicted octanol–water partition coefficient (Wildman–Crippen LogP) is 4.46. The van der Waals surface area contributed by atoms with Crippen LogP contribution in [-0.2, 0) is 0 Å². The molecule has 0 bridgehead atoms. The summed E-state index contributed by atoms with van der Waals surface area (Å²) in [5.41, 5.74) is 8.41. The van der Waals surface area contributed by atoms with Gasteiger partial charge in [-0.1, -0.05) is 42.5 Å². The van der Waals surface area contributed by atoms with Gasteiger partial charge in [0.25, 0.3) is 0 Å². The fourth-order valence-corrected chi connectivity index (χ4v) is 3.18. The molecule has 0 aliphatic heterocycles. The van der Waals surface area contributed by atoms with E-state index in [2.05, 4.69) is 49.4 Å². The number of fused-ring (bicyclic) bond motifs is 1. The normalized spacial score (nSPS) is 10.9. The topological polar surface area (TPSA) is 26.0 Å². The van der Waals surface area contributed by atoms with Crippen molar-refractivity contribution in [2.75, 3.05) is 5.73 Å². The summed E-state index contributed by atoms with van der Waals surface area (Å²) < 4.78 is 0. The molecule has 0 aliphatic rings. The number of hydrogen-bond donors (Lipinski definition) is 1. The van der Waals surface area contributed by atoms with E-state index < -0.39 is 0 Å². The highest BCUT2D eigenvalue weighted by atomic mass is 32.1. The molecule has 2 heteroatoms. The summed E-state index contributed by atoms with van der Waals surface area (Å²) in [5.74, 6) is 0. The zero-order valence-corrected chi connectivity index (χ0v) is 10.4. The first-order chi connectivity index (χ1) is 8.25. The number of anilines is 1. The molecule has 0 spiro atoms. The Labute approximate surface area is 105 Å². The van der Waals surface area contributed by atoms with Gasteiger partial charge in [0.05, 0.1) is 5.00 Å². The van der Waals surface area contributed by atoms with Crippen LogP contribution in [0.1, 0.15) is 5.56 Å². The van der Waals surface area contributed by atoms with Crippen molar-refractivity contribution < 1.29 is 0 Å². The molecule has 3 rings (SSSR count). The first kappa shape index (κ1) is 10.4. The van der Waals surface area contributed by atoms with Crippen LogP contribution in [0.4, 0.5) is 5.00 Å². The summed E-state index contributed by atoms with van der Waals surface area (Å²) in [7, 11) is 0. The van der Waals surface area contributed by atoms with Crippen LogP contribution >= 0.6 is 11.3 Å². The van der Waals surface area contributed by atoms with E-state index in [1.165, 1.54) is 26.8 Å². The van der Waals surface area contributed by atoms with E-state index in [4.69, 9.17) is 5.73 Å². The van der Waals surface area contributed by atoms with E-state index >= 15 is 0 Å². The molecule has 1 nitrogen and oxygen atoms in total. The summed E-state index contributed by atoms with van der Waals surface area (Å²) in [6.45, 7) is 2.12. The van der Waals surface area contributed by atoms with Gasteiger partial charge in [-0.25, -0.2) is 0 Å². The second-order valence-corrected chi connectivity index (χ2v) is 5.27. The Morgan fingerprint density at radius 2 is 1.76 bits per heavy atom. The van der Waals surface area contributed by atoms with Gasteiger partial charge < -0.3 is 5.73 Å². The number of rotatable bonds is 1. The molecule has 1 heterocycles. The van der Waals surface area contributed by atoms with Gasteiger partial charge in [0.2, 0.25) is 0 Å². The second-order valence-electron chi connectivity index (χ2n) is 4.19. The predicted molar refractivity (Wildman–Crippen MR) is 76.4 cm³/mol. The third-order valence-electron chi connectivity index (χ3n) is 2.97. The molecular weight excluding hydrogens is 226 g/mol. The van der Waals surface area contributed by atoms with Gasteiger partial charge in [-0.05, 0) is 34.9 Å². The van der Waals surface area contributed by atoms with Crippen molar-refractivity contribution in [2.24, 2.45) is 0 Å². The maximum Gasteiger partial charge on any atom is 0.0865 e. The highest BCUT2D eigenvalue weighted by Gasteiger charge is 2.09. The lowest BCUT2D eigenvalue weighted by molar-refractivity contribution is 1.55. The van der Waals surface area contributed by atoms with Gasteiger partial charge in [-0.15, -0.1) is 11.3 Å². The number of thiophene rings is 1. The standard InChI is InChI=1S/C15H13NS/c1-10-9-14(16)17-15(10)13-8-4-6-11-5-2-3-7-12(11)13/h2-9H,16H2,1H3. The zero-order valence-electron chi connectivity index (χ0n) is 9.60. The summed E-state index contributed by atoms with van der Waals surface area (Å²) >= 11 is 1.66. The quantitative estimate of drug-likeness (QED) is 0.666. The first-order valence-electron chi connectivity index (χ1n) is 5.60. The third kappa shape index (κ3) is 1.71. The molecule has 0 saturated heterocycles. The van der Waals surface area contributed by atoms with Crippen molar-refractivity contribution in [3.05, 3.63) is 54.1 Å². The van der Waals surface area contributed by atoms with E-state index in [1.807, 2.05) is 6.07 Å². The number of benzene rings is 2. The molecule has 2 aromatic carbocycles. The monoisotopic (exact) mass is 239 g/mol. The smallest absolute Gasteiger partial charge is 0.0865 e. The minimum absolute atomic E-state index is 0.880. The van der Waals surface area contributed by atoms with E-state index in [-0.39, 0.29) is 0 Å². The van der Waals surface area contributed by atoms with Crippen molar-refractivity contribution >= 4 is 27.1 Å². The molecule has 17 heavy (non-hydrogen) atoms. The van der Waals surface area contributed by atoms with E-state index in [0.29, 0.717) is 0 Å². The number of hydrogen-bond acceptors (Lipinski definition) is 2. The number of nitrogens with two attached hydrogens (primary N) is 1. The lowest BCUT2D eigenvalue weighted by atomic mass is 10.0. The lowest BCUT2D eigenvalue weighted by Gasteiger charge is -2.05. The molecule has 0 radical (unpaired) electrons. The van der Waals surface area contributed by atoms with Crippen molar-refractivity contribution in [3.8, 4) is 10.4 Å². The molecule has 0 amide bonds. The van der Waals surface area contributed by atoms with Crippen molar-refractivity contribution in [2.45, 2.75) is 6.92 Å². The van der Waals surface area contributed by atoms with Crippen LogP contribution in [0.2, 0.25) is 0 Å². The molecule has 0 saturated carbocycles. The largest absolute Gasteiger partial charge is 0.391 e. The van der Waals surface area contributed by atoms with Gasteiger partial charge in [-0.2, -0.15) is 0 Å². The van der Waals surface area contributed by atoms with Crippen LogP contribution in [0.15, 0.2) is 48.5 Å². The van der Waals surface area contributed by atoms with Gasteiger partial charge in [0.15, 0.2) is 0 Å². The lowest BCUT2D eigenvalue weighted by Crippen LogP contribution is -1.79. The Kier molecular flexibility index (Phi) is 2.37. The molecule has 2 N–H and O–H groups in total. The summed E-state index contributed by atoms with van der Waals surface area (Å²) in [6.07, 6.45) is 0.